The fourth-order valence-electron chi connectivity index (χ4n) is 3.62. The largest absolute Gasteiger partial charge is 0.480 e. The van der Waals surface area contributed by atoms with Gasteiger partial charge in [-0.05, 0) is 52.3 Å². The number of methoxy groups -OCH3 is 1. The SMILES string of the molecule is COC(=O)COc1c(Br)cc(Cl)cc1C=Nn1c(-c2cc3ccccc3o2)nc2ccccc2c1=O. The minimum absolute atomic E-state index is 0.226. The molecule has 0 radical (unpaired) electrons. The summed E-state index contributed by atoms with van der Waals surface area (Å²) in [6.45, 7) is -0.320. The van der Waals surface area contributed by atoms with E-state index in [4.69, 9.17) is 20.8 Å². The molecule has 5 aromatic rings. The summed E-state index contributed by atoms with van der Waals surface area (Å²) in [4.78, 5) is 29.8. The number of fused-ring (bicyclic) bond motifs is 2. The third kappa shape index (κ3) is 4.62. The van der Waals surface area contributed by atoms with E-state index in [9.17, 15) is 9.59 Å². The average molecular weight is 567 g/mol. The number of para-hydroxylation sites is 2. The molecule has 36 heavy (non-hydrogen) atoms. The Kier molecular flexibility index (Phi) is 6.58. The van der Waals surface area contributed by atoms with E-state index >= 15 is 0 Å². The van der Waals surface area contributed by atoms with Crippen LogP contribution >= 0.6 is 27.5 Å². The molecule has 0 bridgehead atoms. The van der Waals surface area contributed by atoms with E-state index < -0.39 is 5.97 Å². The maximum atomic E-state index is 13.5. The van der Waals surface area contributed by atoms with Gasteiger partial charge >= 0.3 is 5.97 Å². The molecule has 0 unspecified atom stereocenters. The Morgan fingerprint density at radius 2 is 1.94 bits per heavy atom. The van der Waals surface area contributed by atoms with E-state index in [1.54, 1.807) is 42.5 Å². The summed E-state index contributed by atoms with van der Waals surface area (Å²) in [6, 6.07) is 19.5. The number of furan rings is 1. The quantitative estimate of drug-likeness (QED) is 0.194. The Morgan fingerprint density at radius 1 is 1.17 bits per heavy atom. The normalized spacial score (nSPS) is 11.4. The van der Waals surface area contributed by atoms with Crippen LogP contribution in [0.1, 0.15) is 5.56 Å². The number of hydrogen-bond donors (Lipinski definition) is 0. The molecule has 2 aromatic heterocycles. The van der Waals surface area contributed by atoms with Crippen molar-refractivity contribution < 1.29 is 18.7 Å². The van der Waals surface area contributed by atoms with E-state index in [1.807, 2.05) is 24.3 Å². The lowest BCUT2D eigenvalue weighted by atomic mass is 10.2. The number of carbonyl (C=O) groups is 1. The maximum absolute atomic E-state index is 13.5. The van der Waals surface area contributed by atoms with Crippen LogP contribution in [-0.2, 0) is 9.53 Å². The number of carbonyl (C=O) groups excluding carboxylic acids is 1. The monoisotopic (exact) mass is 565 g/mol. The predicted octanol–water partition coefficient (Wildman–Crippen LogP) is 5.66. The van der Waals surface area contributed by atoms with Crippen molar-refractivity contribution in [2.75, 3.05) is 13.7 Å². The van der Waals surface area contributed by atoms with Crippen LogP contribution in [0.5, 0.6) is 5.75 Å². The van der Waals surface area contributed by atoms with Gasteiger partial charge in [0.05, 0.1) is 28.7 Å². The lowest BCUT2D eigenvalue weighted by Crippen LogP contribution is -2.20. The third-order valence-corrected chi connectivity index (χ3v) is 6.12. The summed E-state index contributed by atoms with van der Waals surface area (Å²) in [5, 5.41) is 6.10. The number of esters is 1. The summed E-state index contributed by atoms with van der Waals surface area (Å²) in [5.41, 5.74) is 1.21. The van der Waals surface area contributed by atoms with E-state index in [0.29, 0.717) is 43.1 Å². The molecule has 0 aliphatic rings. The van der Waals surface area contributed by atoms with Gasteiger partial charge < -0.3 is 13.9 Å². The number of rotatable bonds is 6. The van der Waals surface area contributed by atoms with Gasteiger partial charge in [-0.25, -0.2) is 9.78 Å². The molecule has 0 aliphatic carbocycles. The van der Waals surface area contributed by atoms with Crippen molar-refractivity contribution in [3.05, 3.63) is 92.1 Å². The molecule has 0 atom stereocenters. The first-order valence-electron chi connectivity index (χ1n) is 10.7. The molecule has 2 heterocycles. The fraction of sp³-hybridized carbons (Fsp3) is 0.0769. The first-order valence-corrected chi connectivity index (χ1v) is 11.9. The van der Waals surface area contributed by atoms with E-state index in [1.165, 1.54) is 18.0 Å². The van der Waals surface area contributed by atoms with Crippen molar-refractivity contribution >= 4 is 61.6 Å². The zero-order valence-electron chi connectivity index (χ0n) is 18.8. The van der Waals surface area contributed by atoms with E-state index in [-0.39, 0.29) is 18.0 Å². The van der Waals surface area contributed by atoms with E-state index in [0.717, 1.165) is 5.39 Å². The summed E-state index contributed by atoms with van der Waals surface area (Å²) in [5.74, 6) is 0.359. The van der Waals surface area contributed by atoms with Crippen molar-refractivity contribution in [2.45, 2.75) is 0 Å². The summed E-state index contributed by atoms with van der Waals surface area (Å²) in [7, 11) is 1.27. The molecule has 8 nitrogen and oxygen atoms in total. The molecule has 0 N–H and O–H groups in total. The minimum atomic E-state index is -0.554. The van der Waals surface area contributed by atoms with Crippen molar-refractivity contribution in [1.82, 2.24) is 9.66 Å². The highest BCUT2D eigenvalue weighted by Crippen LogP contribution is 2.32. The van der Waals surface area contributed by atoms with Gasteiger partial charge in [0.2, 0.25) is 5.82 Å². The zero-order chi connectivity index (χ0) is 25.2. The van der Waals surface area contributed by atoms with Crippen LogP contribution in [0.15, 0.2) is 85.5 Å². The Bertz CT molecular complexity index is 1680. The summed E-state index contributed by atoms with van der Waals surface area (Å²) < 4.78 is 17.9. The number of hydrogen-bond acceptors (Lipinski definition) is 7. The second-order valence-corrected chi connectivity index (χ2v) is 8.92. The van der Waals surface area contributed by atoms with Crippen molar-refractivity contribution in [2.24, 2.45) is 5.10 Å². The average Bonchev–Trinajstić information content (AvgIpc) is 3.31. The van der Waals surface area contributed by atoms with Crippen molar-refractivity contribution in [1.29, 1.82) is 0 Å². The number of halogens is 2. The first-order chi connectivity index (χ1) is 17.4. The molecule has 0 saturated carbocycles. The van der Waals surface area contributed by atoms with Crippen LogP contribution in [0, 0.1) is 0 Å². The molecular weight excluding hydrogens is 550 g/mol. The number of nitrogens with zero attached hydrogens (tertiary/aromatic N) is 3. The Morgan fingerprint density at radius 3 is 2.75 bits per heavy atom. The maximum Gasteiger partial charge on any atom is 0.343 e. The summed E-state index contributed by atoms with van der Waals surface area (Å²) in [6.07, 6.45) is 1.41. The fourth-order valence-corrected chi connectivity index (χ4v) is 4.57. The second-order valence-electron chi connectivity index (χ2n) is 7.63. The predicted molar refractivity (Wildman–Crippen MR) is 141 cm³/mol. The highest BCUT2D eigenvalue weighted by molar-refractivity contribution is 9.10. The molecule has 5 rings (SSSR count). The standard InChI is InChI=1S/C26H17BrClN3O5/c1-34-23(32)14-35-24-16(10-17(28)12-19(24)27)13-29-31-25(22-11-15-6-2-5-9-21(15)36-22)30-20-8-4-3-7-18(20)26(31)33/h2-13H,14H2,1H3. The van der Waals surface area contributed by atoms with Crippen LogP contribution in [0.2, 0.25) is 5.02 Å². The second kappa shape index (κ2) is 9.96. The Hall–Kier alpha value is -3.95. The highest BCUT2D eigenvalue weighted by Gasteiger charge is 2.17. The molecule has 0 amide bonds. The summed E-state index contributed by atoms with van der Waals surface area (Å²) >= 11 is 9.64. The molecule has 180 valence electrons. The molecule has 3 aromatic carbocycles. The molecule has 0 fully saturated rings. The van der Waals surface area contributed by atoms with Gasteiger partial charge in [0.25, 0.3) is 5.56 Å². The van der Waals surface area contributed by atoms with Crippen molar-refractivity contribution in [3.8, 4) is 17.3 Å². The van der Waals surface area contributed by atoms with Crippen LogP contribution in [-0.4, -0.2) is 35.6 Å². The van der Waals surface area contributed by atoms with Gasteiger partial charge in [-0.15, -0.1) is 0 Å². The molecule has 0 spiro atoms. The lowest BCUT2D eigenvalue weighted by Gasteiger charge is -2.11. The number of benzene rings is 3. The smallest absolute Gasteiger partial charge is 0.343 e. The van der Waals surface area contributed by atoms with Crippen molar-refractivity contribution in [3.63, 3.8) is 0 Å². The van der Waals surface area contributed by atoms with Gasteiger partial charge in [0.1, 0.15) is 11.3 Å². The van der Waals surface area contributed by atoms with Crippen LogP contribution in [0.4, 0.5) is 0 Å². The minimum Gasteiger partial charge on any atom is -0.480 e. The van der Waals surface area contributed by atoms with Gasteiger partial charge in [-0.2, -0.15) is 9.78 Å². The Labute approximate surface area is 217 Å². The zero-order valence-corrected chi connectivity index (χ0v) is 21.1. The van der Waals surface area contributed by atoms with Crippen LogP contribution in [0.3, 0.4) is 0 Å². The Balaban J connectivity index is 1.67. The van der Waals surface area contributed by atoms with E-state index in [2.05, 4.69) is 30.8 Å². The van der Waals surface area contributed by atoms with Gasteiger partial charge in [-0.1, -0.05) is 41.9 Å². The number of aromatic nitrogens is 2. The third-order valence-electron chi connectivity index (χ3n) is 5.31. The highest BCUT2D eigenvalue weighted by atomic mass is 79.9. The molecule has 0 saturated heterocycles. The van der Waals surface area contributed by atoms with Gasteiger partial charge in [0, 0.05) is 16.0 Å². The molecular formula is C26H17BrClN3O5. The van der Waals surface area contributed by atoms with Gasteiger partial charge in [0.15, 0.2) is 12.4 Å². The lowest BCUT2D eigenvalue weighted by molar-refractivity contribution is -0.142. The van der Waals surface area contributed by atoms with Gasteiger partial charge in [-0.3, -0.25) is 4.79 Å². The molecule has 0 aliphatic heterocycles. The van der Waals surface area contributed by atoms with Crippen LogP contribution in [0.25, 0.3) is 33.5 Å². The topological polar surface area (TPSA) is 95.9 Å². The number of ether oxygens (including phenoxy) is 2. The first kappa shape index (κ1) is 23.8. The molecule has 10 heteroatoms. The van der Waals surface area contributed by atoms with Crippen LogP contribution < -0.4 is 10.3 Å².